The molecule has 0 N–H and O–H groups in total. The Morgan fingerprint density at radius 3 is 2.92 bits per heavy atom. The molecule has 128 valence electrons. The minimum absolute atomic E-state index is 0.0631. The van der Waals surface area contributed by atoms with Gasteiger partial charge in [-0.15, -0.1) is 0 Å². The van der Waals surface area contributed by atoms with Gasteiger partial charge in [0, 0.05) is 23.8 Å². The Labute approximate surface area is 146 Å². The molecule has 0 bridgehead atoms. The maximum absolute atomic E-state index is 5.80. The van der Waals surface area contributed by atoms with Gasteiger partial charge in [-0.3, -0.25) is 4.90 Å². The first-order valence-corrected chi connectivity index (χ1v) is 8.53. The third kappa shape index (κ3) is 2.05. The summed E-state index contributed by atoms with van der Waals surface area (Å²) in [5.74, 6) is 2.30. The fourth-order valence-corrected chi connectivity index (χ4v) is 4.08. The minimum Gasteiger partial charge on any atom is -0.492 e. The lowest BCUT2D eigenvalue weighted by Crippen LogP contribution is -2.36. The van der Waals surface area contributed by atoms with Crippen LogP contribution in [-0.2, 0) is 6.42 Å². The molecule has 1 aromatic heterocycles. The highest BCUT2D eigenvalue weighted by Gasteiger charge is 2.35. The number of nitrogens with zero attached hydrogens (tertiary/aromatic N) is 2. The monoisotopic (exact) mass is 336 g/mol. The molecule has 0 saturated heterocycles. The zero-order chi connectivity index (χ0) is 17.0. The van der Waals surface area contributed by atoms with Gasteiger partial charge in [-0.2, -0.15) is 0 Å². The van der Waals surface area contributed by atoms with Crippen LogP contribution in [0.25, 0.3) is 10.9 Å². The molecule has 1 atom stereocenters. The van der Waals surface area contributed by atoms with Crippen molar-refractivity contribution in [2.45, 2.75) is 12.6 Å². The van der Waals surface area contributed by atoms with Crippen molar-refractivity contribution >= 4 is 10.9 Å². The lowest BCUT2D eigenvalue weighted by molar-refractivity contribution is 0.170. The summed E-state index contributed by atoms with van der Waals surface area (Å²) in [7, 11) is 3.86. The van der Waals surface area contributed by atoms with E-state index in [1.165, 1.54) is 22.0 Å². The van der Waals surface area contributed by atoms with Crippen molar-refractivity contribution in [3.05, 3.63) is 53.7 Å². The predicted molar refractivity (Wildman–Crippen MR) is 95.5 cm³/mol. The van der Waals surface area contributed by atoms with Crippen LogP contribution in [0.4, 0.5) is 0 Å². The first-order valence-electron chi connectivity index (χ1n) is 8.53. The third-order valence-electron chi connectivity index (χ3n) is 5.25. The number of fused-ring (bicyclic) bond motifs is 3. The van der Waals surface area contributed by atoms with E-state index in [-0.39, 0.29) is 13.0 Å². The molecule has 0 amide bonds. The quantitative estimate of drug-likeness (QED) is 0.718. The highest BCUT2D eigenvalue weighted by Crippen LogP contribution is 2.50. The Balaban J connectivity index is 1.77. The van der Waals surface area contributed by atoms with E-state index in [1.54, 1.807) is 7.11 Å². The minimum atomic E-state index is 0.0631. The summed E-state index contributed by atoms with van der Waals surface area (Å²) in [6.07, 6.45) is 3.19. The number of likely N-dealkylation sites (N-methyl/N-ethyl adjacent to an activating group) is 1. The Bertz CT molecular complexity index is 963. The molecule has 0 aliphatic carbocycles. The number of methoxy groups -OCH3 is 1. The molecule has 5 heteroatoms. The zero-order valence-corrected chi connectivity index (χ0v) is 14.4. The number of para-hydroxylation sites is 1. The van der Waals surface area contributed by atoms with Crippen LogP contribution in [0.3, 0.4) is 0 Å². The van der Waals surface area contributed by atoms with Crippen LogP contribution >= 0.6 is 0 Å². The predicted octanol–water partition coefficient (Wildman–Crippen LogP) is 3.41. The Kier molecular flexibility index (Phi) is 3.18. The van der Waals surface area contributed by atoms with Crippen molar-refractivity contribution in [2.24, 2.45) is 0 Å². The van der Waals surface area contributed by atoms with Gasteiger partial charge in [-0.05, 0) is 42.6 Å². The standard InChI is InChI=1S/C20H20N2O3/c1-21-9-7-14-11-16-18(25-12-24-16)19(23-2)17(14)20(21)22-10-8-13-5-3-4-6-15(13)22/h3-6,8,10-11,20H,7,9,12H2,1-2H3. The highest BCUT2D eigenvalue weighted by molar-refractivity contribution is 5.80. The summed E-state index contributed by atoms with van der Waals surface area (Å²) in [6.45, 7) is 1.23. The van der Waals surface area contributed by atoms with E-state index in [1.807, 2.05) is 0 Å². The van der Waals surface area contributed by atoms with Crippen molar-refractivity contribution in [1.29, 1.82) is 0 Å². The summed E-state index contributed by atoms with van der Waals surface area (Å²) in [5, 5.41) is 1.24. The fraction of sp³-hybridized carbons (Fsp3) is 0.300. The molecule has 1 unspecified atom stereocenters. The fourth-order valence-electron chi connectivity index (χ4n) is 4.08. The molecular formula is C20H20N2O3. The number of hydrogen-bond acceptors (Lipinski definition) is 4. The summed E-state index contributed by atoms with van der Waals surface area (Å²) in [5.41, 5.74) is 3.65. The Hall–Kier alpha value is -2.66. The van der Waals surface area contributed by atoms with Crippen molar-refractivity contribution in [3.8, 4) is 17.2 Å². The van der Waals surface area contributed by atoms with Gasteiger partial charge >= 0.3 is 0 Å². The van der Waals surface area contributed by atoms with Gasteiger partial charge in [0.05, 0.1) is 7.11 Å². The second kappa shape index (κ2) is 5.43. The van der Waals surface area contributed by atoms with E-state index < -0.39 is 0 Å². The van der Waals surface area contributed by atoms with Crippen LogP contribution in [0.1, 0.15) is 17.3 Å². The maximum Gasteiger partial charge on any atom is 0.231 e. The van der Waals surface area contributed by atoms with Gasteiger partial charge in [0.1, 0.15) is 6.17 Å². The Morgan fingerprint density at radius 1 is 1.16 bits per heavy atom. The van der Waals surface area contributed by atoms with Crippen LogP contribution in [0, 0.1) is 0 Å². The SMILES string of the molecule is COc1c2c(cc3c1C(n1ccc4ccccc41)N(C)CC3)OCO2. The largest absolute Gasteiger partial charge is 0.492 e. The molecular weight excluding hydrogens is 316 g/mol. The van der Waals surface area contributed by atoms with E-state index in [9.17, 15) is 0 Å². The molecule has 0 saturated carbocycles. The van der Waals surface area contributed by atoms with Gasteiger partial charge in [-0.25, -0.2) is 0 Å². The van der Waals surface area contributed by atoms with E-state index in [0.29, 0.717) is 0 Å². The number of hydrogen-bond donors (Lipinski definition) is 0. The number of benzene rings is 2. The van der Waals surface area contributed by atoms with Gasteiger partial charge in [-0.1, -0.05) is 18.2 Å². The lowest BCUT2D eigenvalue weighted by Gasteiger charge is -2.37. The molecule has 2 aliphatic rings. The maximum atomic E-state index is 5.80. The molecule has 0 fully saturated rings. The van der Waals surface area contributed by atoms with Crippen molar-refractivity contribution in [2.75, 3.05) is 27.5 Å². The summed E-state index contributed by atoms with van der Waals surface area (Å²) >= 11 is 0. The van der Waals surface area contributed by atoms with Crippen molar-refractivity contribution in [1.82, 2.24) is 9.47 Å². The molecule has 25 heavy (non-hydrogen) atoms. The normalized spacial score (nSPS) is 19.2. The number of ether oxygens (including phenoxy) is 3. The van der Waals surface area contributed by atoms with Crippen molar-refractivity contribution < 1.29 is 14.2 Å². The summed E-state index contributed by atoms with van der Waals surface area (Å²) < 4.78 is 19.4. The van der Waals surface area contributed by atoms with E-state index in [0.717, 1.165) is 30.2 Å². The first-order chi connectivity index (χ1) is 12.3. The average molecular weight is 336 g/mol. The number of rotatable bonds is 2. The molecule has 2 aliphatic heterocycles. The van der Waals surface area contributed by atoms with Gasteiger partial charge in [0.2, 0.25) is 12.5 Å². The van der Waals surface area contributed by atoms with Gasteiger partial charge in [0.15, 0.2) is 11.5 Å². The molecule has 5 rings (SSSR count). The van der Waals surface area contributed by atoms with Gasteiger partial charge < -0.3 is 18.8 Å². The smallest absolute Gasteiger partial charge is 0.231 e. The number of aromatic nitrogens is 1. The van der Waals surface area contributed by atoms with Crippen LogP contribution in [-0.4, -0.2) is 37.0 Å². The third-order valence-corrected chi connectivity index (χ3v) is 5.25. The van der Waals surface area contributed by atoms with Crippen LogP contribution in [0.2, 0.25) is 0 Å². The molecule has 5 nitrogen and oxygen atoms in total. The zero-order valence-electron chi connectivity index (χ0n) is 14.4. The molecule has 0 spiro atoms. The lowest BCUT2D eigenvalue weighted by atomic mass is 9.94. The summed E-state index contributed by atoms with van der Waals surface area (Å²) in [6, 6.07) is 12.7. The topological polar surface area (TPSA) is 35.9 Å². The first kappa shape index (κ1) is 14.7. The van der Waals surface area contributed by atoms with Crippen LogP contribution in [0.5, 0.6) is 17.2 Å². The van der Waals surface area contributed by atoms with Crippen molar-refractivity contribution in [3.63, 3.8) is 0 Å². The summed E-state index contributed by atoms with van der Waals surface area (Å²) in [4.78, 5) is 2.36. The van der Waals surface area contributed by atoms with E-state index in [4.69, 9.17) is 14.2 Å². The Morgan fingerprint density at radius 2 is 2.04 bits per heavy atom. The molecule has 0 radical (unpaired) electrons. The van der Waals surface area contributed by atoms with Crippen LogP contribution < -0.4 is 14.2 Å². The second-order valence-electron chi connectivity index (χ2n) is 6.60. The molecule has 2 aromatic carbocycles. The van der Waals surface area contributed by atoms with Crippen LogP contribution in [0.15, 0.2) is 42.6 Å². The average Bonchev–Trinajstić information content (AvgIpc) is 3.26. The highest BCUT2D eigenvalue weighted by atomic mass is 16.7. The van der Waals surface area contributed by atoms with Gasteiger partial charge in [0.25, 0.3) is 0 Å². The molecule has 3 heterocycles. The van der Waals surface area contributed by atoms with E-state index >= 15 is 0 Å². The molecule has 3 aromatic rings. The van der Waals surface area contributed by atoms with E-state index in [2.05, 4.69) is 59.1 Å². The second-order valence-corrected chi connectivity index (χ2v) is 6.60.